The summed E-state index contributed by atoms with van der Waals surface area (Å²) >= 11 is 0. The number of carbonyl (C=O) groups excluding carboxylic acids is 1. The first-order chi connectivity index (χ1) is 18.5. The van der Waals surface area contributed by atoms with Gasteiger partial charge in [-0.05, 0) is 67.9 Å². The lowest BCUT2D eigenvalue weighted by Gasteiger charge is -2.40. The average Bonchev–Trinajstić information content (AvgIpc) is 3.17. The van der Waals surface area contributed by atoms with Crippen LogP contribution in [0.5, 0.6) is 5.75 Å². The molecule has 216 valence electrons. The molecular formula is C28H32F4N4O4. The summed E-state index contributed by atoms with van der Waals surface area (Å²) in [5.74, 6) is -2.51. The molecule has 40 heavy (non-hydrogen) atoms. The number of alkyl halides is 3. The predicted octanol–water partition coefficient (Wildman–Crippen LogP) is 6.75. The van der Waals surface area contributed by atoms with E-state index >= 15 is 4.39 Å². The van der Waals surface area contributed by atoms with E-state index in [9.17, 15) is 27.9 Å². The molecule has 0 unspecified atom stereocenters. The topological polar surface area (TPSA) is 96.7 Å². The maximum Gasteiger partial charge on any atom is 0.573 e. The minimum Gasteiger partial charge on any atom is -0.480 e. The van der Waals surface area contributed by atoms with E-state index in [-0.39, 0.29) is 22.8 Å². The van der Waals surface area contributed by atoms with Crippen LogP contribution in [0.25, 0.3) is 11.0 Å². The minimum absolute atomic E-state index is 0.00306. The molecule has 1 fully saturated rings. The number of halogens is 4. The van der Waals surface area contributed by atoms with Gasteiger partial charge >= 0.3 is 12.3 Å². The Labute approximate surface area is 228 Å². The number of rotatable bonds is 7. The summed E-state index contributed by atoms with van der Waals surface area (Å²) in [6.07, 6.45) is -2.23. The second kappa shape index (κ2) is 10.6. The van der Waals surface area contributed by atoms with Gasteiger partial charge in [0.15, 0.2) is 0 Å². The van der Waals surface area contributed by atoms with Crippen molar-refractivity contribution in [3.8, 4) is 5.75 Å². The lowest BCUT2D eigenvalue weighted by molar-refractivity contribution is -0.274. The number of ether oxygens (including phenoxy) is 1. The number of hydrogen-bond donors (Lipinski definition) is 2. The van der Waals surface area contributed by atoms with Gasteiger partial charge in [-0.15, -0.1) is 13.2 Å². The lowest BCUT2D eigenvalue weighted by atomic mass is 9.70. The zero-order valence-corrected chi connectivity index (χ0v) is 22.8. The van der Waals surface area contributed by atoms with Crippen molar-refractivity contribution in [2.75, 3.05) is 12.4 Å². The number of aliphatic carboxylic acids is 1. The fraction of sp³-hybridized carbons (Fsp3) is 0.464. The minimum atomic E-state index is -4.82. The summed E-state index contributed by atoms with van der Waals surface area (Å²) in [6.45, 7) is 7.80. The van der Waals surface area contributed by atoms with Gasteiger partial charge < -0.3 is 24.6 Å². The molecule has 3 aromatic rings. The van der Waals surface area contributed by atoms with Crippen LogP contribution in [-0.2, 0) is 4.79 Å². The van der Waals surface area contributed by atoms with E-state index in [1.165, 1.54) is 50.4 Å². The van der Waals surface area contributed by atoms with E-state index in [2.05, 4.69) is 35.8 Å². The highest BCUT2D eigenvalue weighted by Crippen LogP contribution is 2.46. The summed E-state index contributed by atoms with van der Waals surface area (Å²) in [6, 6.07) is 6.45. The van der Waals surface area contributed by atoms with E-state index in [0.717, 1.165) is 24.2 Å². The Morgan fingerprint density at radius 2 is 1.85 bits per heavy atom. The number of hydrogen-bond acceptors (Lipinski definition) is 5. The van der Waals surface area contributed by atoms with Crippen LogP contribution in [0, 0.1) is 17.2 Å². The van der Waals surface area contributed by atoms with Crippen LogP contribution in [-0.4, -0.2) is 50.9 Å². The van der Waals surface area contributed by atoms with Crippen molar-refractivity contribution in [2.24, 2.45) is 11.3 Å². The van der Waals surface area contributed by atoms with Crippen LogP contribution in [0.2, 0.25) is 0 Å². The molecule has 0 aliphatic heterocycles. The van der Waals surface area contributed by atoms with Crippen molar-refractivity contribution in [3.05, 3.63) is 47.8 Å². The average molecular weight is 565 g/mol. The van der Waals surface area contributed by atoms with Gasteiger partial charge in [0, 0.05) is 24.8 Å². The number of likely N-dealkylation sites (N-methyl/N-ethyl adjacent to an activating group) is 1. The monoisotopic (exact) mass is 564 g/mol. The van der Waals surface area contributed by atoms with E-state index in [1.807, 2.05) is 4.57 Å². The van der Waals surface area contributed by atoms with Crippen LogP contribution in [0.1, 0.15) is 63.4 Å². The molecule has 3 atom stereocenters. The van der Waals surface area contributed by atoms with Crippen molar-refractivity contribution < 1.29 is 37.0 Å². The molecule has 12 heteroatoms. The van der Waals surface area contributed by atoms with Crippen LogP contribution in [0.3, 0.4) is 0 Å². The second-order valence-corrected chi connectivity index (χ2v) is 11.3. The zero-order valence-electron chi connectivity index (χ0n) is 22.8. The molecule has 1 aliphatic rings. The molecule has 0 radical (unpaired) electrons. The van der Waals surface area contributed by atoms with Crippen molar-refractivity contribution in [1.29, 1.82) is 0 Å². The third-order valence-electron chi connectivity index (χ3n) is 7.34. The van der Waals surface area contributed by atoms with E-state index in [0.29, 0.717) is 28.6 Å². The molecule has 1 saturated carbocycles. The standard InChI is InChI=1S/C28H32F4N4O4/c1-15-10-18(14-27(3,4)13-15)36-23-12-21(29)20(24(37)35(5)16(2)25(38)39)11-22(23)34-26(36)33-17-6-8-19(9-7-17)40-28(30,31)32/h6-9,11-12,15-16,18H,10,13-14H2,1-5H3,(H,33,34)(H,38,39)/t15-,16+,18+/m1/s1. The fourth-order valence-corrected chi connectivity index (χ4v) is 5.63. The Balaban J connectivity index is 1.78. The summed E-state index contributed by atoms with van der Waals surface area (Å²) < 4.78 is 59.0. The predicted molar refractivity (Wildman–Crippen MR) is 141 cm³/mol. The highest BCUT2D eigenvalue weighted by atomic mass is 19.4. The number of carboxylic acid groups (broad SMARTS) is 1. The number of imidazole rings is 1. The van der Waals surface area contributed by atoms with Gasteiger partial charge in [-0.3, -0.25) is 4.79 Å². The Morgan fingerprint density at radius 1 is 1.20 bits per heavy atom. The van der Waals surface area contributed by atoms with Gasteiger partial charge in [-0.25, -0.2) is 14.2 Å². The Hall–Kier alpha value is -3.83. The molecule has 2 aromatic carbocycles. The number of fused-ring (bicyclic) bond motifs is 1. The Bertz CT molecular complexity index is 1420. The Morgan fingerprint density at radius 3 is 2.42 bits per heavy atom. The second-order valence-electron chi connectivity index (χ2n) is 11.3. The van der Waals surface area contributed by atoms with E-state index < -0.39 is 30.1 Å². The van der Waals surface area contributed by atoms with Gasteiger partial charge in [0.05, 0.1) is 16.6 Å². The summed E-state index contributed by atoms with van der Waals surface area (Å²) in [5, 5.41) is 12.4. The SMILES string of the molecule is C[C@@H]1C[C@H](n2c(Nc3ccc(OC(F)(F)F)cc3)nc3cc(C(=O)N(C)[C@@H](C)C(=O)O)c(F)cc32)CC(C)(C)C1. The van der Waals surface area contributed by atoms with Crippen molar-refractivity contribution in [1.82, 2.24) is 14.5 Å². The molecule has 4 rings (SSSR count). The summed E-state index contributed by atoms with van der Waals surface area (Å²) in [5.41, 5.74) is 0.872. The Kier molecular flexibility index (Phi) is 7.75. The van der Waals surface area contributed by atoms with E-state index in [4.69, 9.17) is 0 Å². The highest BCUT2D eigenvalue weighted by Gasteiger charge is 2.35. The largest absolute Gasteiger partial charge is 0.573 e. The van der Waals surface area contributed by atoms with Gasteiger partial charge in [0.1, 0.15) is 17.6 Å². The molecular weight excluding hydrogens is 532 g/mol. The number of benzene rings is 2. The number of carbonyl (C=O) groups is 2. The summed E-state index contributed by atoms with van der Waals surface area (Å²) in [4.78, 5) is 29.9. The number of nitrogens with zero attached hydrogens (tertiary/aromatic N) is 3. The first-order valence-corrected chi connectivity index (χ1v) is 12.9. The van der Waals surface area contributed by atoms with Crippen molar-refractivity contribution >= 4 is 34.5 Å². The quantitative estimate of drug-likeness (QED) is 0.308. The molecule has 1 heterocycles. The summed E-state index contributed by atoms with van der Waals surface area (Å²) in [7, 11) is 1.29. The molecule has 0 spiro atoms. The van der Waals surface area contributed by atoms with Crippen LogP contribution in [0.4, 0.5) is 29.2 Å². The maximum atomic E-state index is 15.4. The molecule has 2 N–H and O–H groups in total. The van der Waals surface area contributed by atoms with Gasteiger partial charge in [0.25, 0.3) is 5.91 Å². The normalized spacial score (nSPS) is 19.7. The van der Waals surface area contributed by atoms with Crippen molar-refractivity contribution in [3.63, 3.8) is 0 Å². The first-order valence-electron chi connectivity index (χ1n) is 12.9. The molecule has 1 aromatic heterocycles. The van der Waals surface area contributed by atoms with Gasteiger partial charge in [0.2, 0.25) is 5.95 Å². The molecule has 1 aliphatic carbocycles. The maximum absolute atomic E-state index is 15.4. The van der Waals surface area contributed by atoms with E-state index in [1.54, 1.807) is 0 Å². The number of anilines is 2. The molecule has 8 nitrogen and oxygen atoms in total. The van der Waals surface area contributed by atoms with Gasteiger partial charge in [-0.2, -0.15) is 0 Å². The zero-order chi connectivity index (χ0) is 29.6. The lowest BCUT2D eigenvalue weighted by Crippen LogP contribution is -2.40. The van der Waals surface area contributed by atoms with Crippen LogP contribution in [0.15, 0.2) is 36.4 Å². The fourth-order valence-electron chi connectivity index (χ4n) is 5.63. The van der Waals surface area contributed by atoms with Crippen LogP contribution >= 0.6 is 0 Å². The number of aromatic nitrogens is 2. The third kappa shape index (κ3) is 6.31. The number of nitrogens with one attached hydrogen (secondary N) is 1. The third-order valence-corrected chi connectivity index (χ3v) is 7.34. The van der Waals surface area contributed by atoms with Crippen molar-refractivity contribution in [2.45, 2.75) is 65.4 Å². The molecule has 1 amide bonds. The van der Waals surface area contributed by atoms with Crippen LogP contribution < -0.4 is 10.1 Å². The first kappa shape index (κ1) is 29.2. The molecule has 0 saturated heterocycles. The molecule has 0 bridgehead atoms. The smallest absolute Gasteiger partial charge is 0.480 e. The van der Waals surface area contributed by atoms with Gasteiger partial charge in [-0.1, -0.05) is 20.8 Å². The number of carboxylic acids is 1. The highest BCUT2D eigenvalue weighted by molar-refractivity contribution is 5.99. The number of amides is 1.